The van der Waals surface area contributed by atoms with Crippen molar-refractivity contribution in [1.29, 1.82) is 5.53 Å². The van der Waals surface area contributed by atoms with Gasteiger partial charge in [-0.15, -0.1) is 0 Å². The zero-order valence-corrected chi connectivity index (χ0v) is 6.42. The molecule has 0 heterocycles. The summed E-state index contributed by atoms with van der Waals surface area (Å²) < 4.78 is 0. The van der Waals surface area contributed by atoms with Gasteiger partial charge < -0.3 is 0 Å². The molecule has 0 rings (SSSR count). The Morgan fingerprint density at radius 2 is 1.00 bits per heavy atom. The second kappa shape index (κ2) is 9.60. The normalized spacial score (nSPS) is 13.3. The molecule has 0 aliphatic carbocycles. The van der Waals surface area contributed by atoms with E-state index < -0.39 is 0 Å². The van der Waals surface area contributed by atoms with E-state index in [1.807, 2.05) is 0 Å². The third kappa shape index (κ3) is 9.60. The van der Waals surface area contributed by atoms with E-state index in [9.17, 15) is 0 Å². The number of hydrogen-bond donors (Lipinski definition) is 1. The van der Waals surface area contributed by atoms with Gasteiger partial charge in [0, 0.05) is 0 Å². The van der Waals surface area contributed by atoms with E-state index in [2.05, 4.69) is 57.3 Å². The predicted octanol–water partition coefficient (Wildman–Crippen LogP) is 2.48. The second-order valence-electron chi connectivity index (χ2n) is 1.10. The van der Waals surface area contributed by atoms with Gasteiger partial charge in [0.2, 0.25) is 0 Å². The molecule has 0 aromatic heterocycles. The lowest BCUT2D eigenvalue weighted by atomic mass is 11.6. The summed E-state index contributed by atoms with van der Waals surface area (Å²) in [6.07, 6.45) is 0. The molecule has 0 unspecified atom stereocenters. The third-order valence-corrected chi connectivity index (χ3v) is 0.454. The number of nitrogens with zero attached hydrogens (tertiary/aromatic N) is 11. The van der Waals surface area contributed by atoms with Crippen molar-refractivity contribution in [2.45, 2.75) is 0 Å². The summed E-state index contributed by atoms with van der Waals surface area (Å²) in [5.41, 5.74) is 6.15. The summed E-state index contributed by atoms with van der Waals surface area (Å²) in [7, 11) is 1.42. The van der Waals surface area contributed by atoms with E-state index in [4.69, 9.17) is 5.53 Å². The van der Waals surface area contributed by atoms with Crippen molar-refractivity contribution in [3.05, 3.63) is 0 Å². The highest BCUT2D eigenvalue weighted by Crippen LogP contribution is 1.85. The lowest BCUT2D eigenvalue weighted by molar-refractivity contribution is 0.757. The molecule has 68 valence electrons. The second-order valence-corrected chi connectivity index (χ2v) is 1.10. The molecular formula is CH4N12. The first-order valence-corrected chi connectivity index (χ1v) is 2.67. The molecule has 1 N–H and O–H groups in total. The topological polar surface area (TPSA) is 160 Å². The average Bonchev–Trinajstić information content (AvgIpc) is 2.16. The quantitative estimate of drug-likeness (QED) is 0.491. The number of rotatable bonds is 5. The van der Waals surface area contributed by atoms with Crippen LogP contribution in [0.25, 0.3) is 0 Å². The summed E-state index contributed by atoms with van der Waals surface area (Å²) in [6, 6.07) is 0. The summed E-state index contributed by atoms with van der Waals surface area (Å²) in [5.74, 6) is 0. The highest BCUT2D eigenvalue weighted by molar-refractivity contribution is 4.11. The van der Waals surface area contributed by atoms with Crippen LogP contribution in [0.15, 0.2) is 57.3 Å². The molecule has 0 spiro atoms. The average molecular weight is 184 g/mol. The molecule has 0 bridgehead atoms. The molecule has 0 saturated carbocycles. The maximum Gasteiger partial charge on any atom is 0.0510 e. The van der Waals surface area contributed by atoms with Gasteiger partial charge >= 0.3 is 0 Å². The Labute approximate surface area is 71.1 Å². The Hall–Kier alpha value is -2.40. The minimum Gasteiger partial charge on any atom is -0.183 e. The molecule has 0 aliphatic rings. The Morgan fingerprint density at radius 1 is 0.615 bits per heavy atom. The maximum atomic E-state index is 6.15. The lowest BCUT2D eigenvalue weighted by Crippen LogP contribution is -1.49. The standard InChI is InChI=1S/CH4N12/c1-3-5-7-9-11-13-12-10-8-6-4-2/h2H,1H3/b4-2?,5-3?,8-6+,9-7+,12-10+,13-11+. The number of nitrogens with one attached hydrogen (secondary N) is 1. The van der Waals surface area contributed by atoms with Crippen molar-refractivity contribution in [3.8, 4) is 0 Å². The van der Waals surface area contributed by atoms with Crippen LogP contribution in [-0.4, -0.2) is 7.05 Å². The molecule has 12 nitrogen and oxygen atoms in total. The fraction of sp³-hybridized carbons (Fsp3) is 1.00. The van der Waals surface area contributed by atoms with Crippen molar-refractivity contribution in [1.82, 2.24) is 0 Å². The van der Waals surface area contributed by atoms with Gasteiger partial charge in [-0.25, -0.2) is 0 Å². The van der Waals surface area contributed by atoms with E-state index in [0.29, 0.717) is 0 Å². The SMILES string of the molecule is CN=N/N=N/N=N/N=N/N=N/N=N. The van der Waals surface area contributed by atoms with Gasteiger partial charge in [0.25, 0.3) is 0 Å². The zero-order valence-electron chi connectivity index (χ0n) is 6.42. The highest BCUT2D eigenvalue weighted by atomic mass is 15.7. The van der Waals surface area contributed by atoms with Crippen LogP contribution >= 0.6 is 0 Å². The van der Waals surface area contributed by atoms with E-state index in [1.165, 1.54) is 7.05 Å². The van der Waals surface area contributed by atoms with Gasteiger partial charge in [0.05, 0.1) is 7.05 Å². The summed E-state index contributed by atoms with van der Waals surface area (Å²) in [5, 5.41) is 32.4. The van der Waals surface area contributed by atoms with E-state index in [0.717, 1.165) is 0 Å². The molecule has 0 fully saturated rings. The van der Waals surface area contributed by atoms with E-state index in [-0.39, 0.29) is 0 Å². The molecule has 0 atom stereocenters. The summed E-state index contributed by atoms with van der Waals surface area (Å²) in [6.45, 7) is 0. The van der Waals surface area contributed by atoms with Gasteiger partial charge in [0.1, 0.15) is 0 Å². The first-order valence-electron chi connectivity index (χ1n) is 2.67. The molecule has 0 aliphatic heterocycles. The molecule has 0 radical (unpaired) electrons. The molecule has 0 saturated heterocycles. The van der Waals surface area contributed by atoms with Crippen molar-refractivity contribution in [2.75, 3.05) is 7.05 Å². The Balaban J connectivity index is 3.68. The molecule has 13 heavy (non-hydrogen) atoms. The first kappa shape index (κ1) is 10.6. The molecule has 0 aromatic carbocycles. The van der Waals surface area contributed by atoms with Crippen molar-refractivity contribution >= 4 is 0 Å². The van der Waals surface area contributed by atoms with Crippen LogP contribution in [0.3, 0.4) is 0 Å². The lowest BCUT2D eigenvalue weighted by Gasteiger charge is -1.67. The maximum absolute atomic E-state index is 6.15. The zero-order chi connectivity index (χ0) is 9.78. The monoisotopic (exact) mass is 184 g/mol. The Morgan fingerprint density at radius 3 is 1.38 bits per heavy atom. The van der Waals surface area contributed by atoms with Gasteiger partial charge in [-0.1, -0.05) is 0 Å². The van der Waals surface area contributed by atoms with Crippen LogP contribution in [0.4, 0.5) is 0 Å². The smallest absolute Gasteiger partial charge is 0.0510 e. The van der Waals surface area contributed by atoms with Crippen molar-refractivity contribution in [2.24, 2.45) is 57.3 Å². The Kier molecular flexibility index (Phi) is 7.83. The van der Waals surface area contributed by atoms with Crippen LogP contribution in [-0.2, 0) is 0 Å². The summed E-state index contributed by atoms with van der Waals surface area (Å²) >= 11 is 0. The predicted molar refractivity (Wildman–Crippen MR) is 35.4 cm³/mol. The van der Waals surface area contributed by atoms with Gasteiger partial charge in [-0.05, 0) is 52.2 Å². The largest absolute Gasteiger partial charge is 0.183 e. The molecule has 0 amide bonds. The van der Waals surface area contributed by atoms with E-state index in [1.54, 1.807) is 0 Å². The minimum atomic E-state index is 1.42. The number of hydrogen-bond acceptors (Lipinski definition) is 2. The molecular weight excluding hydrogens is 180 g/mol. The first-order chi connectivity index (χ1) is 6.41. The van der Waals surface area contributed by atoms with Crippen LogP contribution in [0.2, 0.25) is 0 Å². The van der Waals surface area contributed by atoms with Crippen LogP contribution in [0.5, 0.6) is 0 Å². The van der Waals surface area contributed by atoms with Crippen molar-refractivity contribution in [3.63, 3.8) is 0 Å². The van der Waals surface area contributed by atoms with Crippen LogP contribution in [0, 0.1) is 5.53 Å². The summed E-state index contributed by atoms with van der Waals surface area (Å²) in [4.78, 5) is 0. The third-order valence-electron chi connectivity index (χ3n) is 0.454. The molecule has 0 aromatic rings. The highest BCUT2D eigenvalue weighted by Gasteiger charge is 1.67. The van der Waals surface area contributed by atoms with Gasteiger partial charge in [0.15, 0.2) is 0 Å². The fourth-order valence-electron chi connectivity index (χ4n) is 0.185. The molecule has 12 heteroatoms. The fourth-order valence-corrected chi connectivity index (χ4v) is 0.185. The van der Waals surface area contributed by atoms with Crippen LogP contribution < -0.4 is 0 Å². The Bertz CT molecular complexity index is 252. The van der Waals surface area contributed by atoms with E-state index >= 15 is 0 Å². The van der Waals surface area contributed by atoms with Gasteiger partial charge in [-0.2, -0.15) is 10.6 Å². The minimum absolute atomic E-state index is 1.42. The van der Waals surface area contributed by atoms with Gasteiger partial charge in [-0.3, -0.25) is 0 Å². The van der Waals surface area contributed by atoms with Crippen molar-refractivity contribution < 1.29 is 0 Å². The van der Waals surface area contributed by atoms with Crippen LogP contribution in [0.1, 0.15) is 0 Å².